The number of ether oxygens (including phenoxy) is 1. The molecule has 1 aromatic rings. The smallest absolute Gasteiger partial charge is 0.149 e. The predicted molar refractivity (Wildman–Crippen MR) is 64.7 cm³/mol. The number of aryl methyl sites for hydroxylation is 1. The molecule has 2 atom stereocenters. The van der Waals surface area contributed by atoms with E-state index < -0.39 is 0 Å². The third kappa shape index (κ3) is 3.24. The van der Waals surface area contributed by atoms with E-state index in [4.69, 9.17) is 4.74 Å². The van der Waals surface area contributed by atoms with E-state index in [0.717, 1.165) is 32.1 Å². The zero-order valence-electron chi connectivity index (χ0n) is 10.8. The summed E-state index contributed by atoms with van der Waals surface area (Å²) < 4.78 is 7.64. The standard InChI is InChI=1S/C11H21N5O/c1-9(11-14-13-8-16(11)3)12-6-10-7-15(2)4-5-17-10/h8-10,12H,4-7H2,1-3H3. The average Bonchev–Trinajstić information content (AvgIpc) is 2.72. The van der Waals surface area contributed by atoms with E-state index in [1.54, 1.807) is 6.33 Å². The van der Waals surface area contributed by atoms with Crippen LogP contribution in [0.2, 0.25) is 0 Å². The summed E-state index contributed by atoms with van der Waals surface area (Å²) in [6, 6.07) is 0.193. The van der Waals surface area contributed by atoms with E-state index in [1.165, 1.54) is 0 Å². The maximum atomic E-state index is 5.70. The Hall–Kier alpha value is -0.980. The van der Waals surface area contributed by atoms with Gasteiger partial charge in [0.15, 0.2) is 0 Å². The lowest BCUT2D eigenvalue weighted by Crippen LogP contribution is -2.45. The van der Waals surface area contributed by atoms with Crippen LogP contribution in [0, 0.1) is 0 Å². The summed E-state index contributed by atoms with van der Waals surface area (Å²) in [5.74, 6) is 0.953. The van der Waals surface area contributed by atoms with Gasteiger partial charge in [0.25, 0.3) is 0 Å². The second-order valence-corrected chi connectivity index (χ2v) is 4.69. The number of aromatic nitrogens is 3. The van der Waals surface area contributed by atoms with Crippen molar-refractivity contribution in [2.45, 2.75) is 19.1 Å². The number of nitrogens with zero attached hydrogens (tertiary/aromatic N) is 4. The largest absolute Gasteiger partial charge is 0.374 e. The van der Waals surface area contributed by atoms with Crippen molar-refractivity contribution in [1.82, 2.24) is 25.0 Å². The van der Waals surface area contributed by atoms with Gasteiger partial charge in [-0.1, -0.05) is 0 Å². The van der Waals surface area contributed by atoms with Gasteiger partial charge in [0, 0.05) is 26.7 Å². The zero-order chi connectivity index (χ0) is 12.3. The lowest BCUT2D eigenvalue weighted by molar-refractivity contribution is -0.0192. The molecule has 6 nitrogen and oxygen atoms in total. The Labute approximate surface area is 102 Å². The fraction of sp³-hybridized carbons (Fsp3) is 0.818. The highest BCUT2D eigenvalue weighted by molar-refractivity contribution is 4.92. The van der Waals surface area contributed by atoms with Crippen molar-refractivity contribution < 1.29 is 4.74 Å². The van der Waals surface area contributed by atoms with Gasteiger partial charge in [0.2, 0.25) is 0 Å². The molecule has 1 fully saturated rings. The lowest BCUT2D eigenvalue weighted by Gasteiger charge is -2.30. The van der Waals surface area contributed by atoms with E-state index in [-0.39, 0.29) is 12.1 Å². The van der Waals surface area contributed by atoms with Crippen molar-refractivity contribution in [2.75, 3.05) is 33.3 Å². The first kappa shape index (κ1) is 12.5. The minimum absolute atomic E-state index is 0.193. The van der Waals surface area contributed by atoms with Gasteiger partial charge in [-0.15, -0.1) is 10.2 Å². The maximum Gasteiger partial charge on any atom is 0.149 e. The number of nitrogens with one attached hydrogen (secondary N) is 1. The SMILES string of the molecule is CC(NCC1CN(C)CCO1)c1nncn1C. The van der Waals surface area contributed by atoms with Crippen LogP contribution >= 0.6 is 0 Å². The van der Waals surface area contributed by atoms with Crippen LogP contribution in [0.3, 0.4) is 0 Å². The lowest BCUT2D eigenvalue weighted by atomic mass is 10.2. The first-order chi connectivity index (χ1) is 8.16. The Kier molecular flexibility index (Phi) is 4.09. The molecule has 0 radical (unpaired) electrons. The molecule has 0 saturated carbocycles. The van der Waals surface area contributed by atoms with Crippen molar-refractivity contribution >= 4 is 0 Å². The zero-order valence-corrected chi connectivity index (χ0v) is 10.8. The number of hydrogen-bond donors (Lipinski definition) is 1. The van der Waals surface area contributed by atoms with Crippen LogP contribution in [0.5, 0.6) is 0 Å². The molecule has 0 aliphatic carbocycles. The summed E-state index contributed by atoms with van der Waals surface area (Å²) in [5.41, 5.74) is 0. The Morgan fingerprint density at radius 3 is 3.06 bits per heavy atom. The molecule has 96 valence electrons. The first-order valence-corrected chi connectivity index (χ1v) is 6.04. The highest BCUT2D eigenvalue weighted by Crippen LogP contribution is 2.08. The number of hydrogen-bond acceptors (Lipinski definition) is 5. The predicted octanol–water partition coefficient (Wildman–Crippen LogP) is -0.204. The Balaban J connectivity index is 1.80. The molecule has 2 heterocycles. The summed E-state index contributed by atoms with van der Waals surface area (Å²) in [4.78, 5) is 2.29. The molecular formula is C11H21N5O. The van der Waals surface area contributed by atoms with Crippen molar-refractivity contribution in [2.24, 2.45) is 7.05 Å². The topological polar surface area (TPSA) is 55.2 Å². The minimum Gasteiger partial charge on any atom is -0.374 e. The number of morpholine rings is 1. The van der Waals surface area contributed by atoms with Gasteiger partial charge in [0.05, 0.1) is 18.8 Å². The highest BCUT2D eigenvalue weighted by atomic mass is 16.5. The van der Waals surface area contributed by atoms with Crippen LogP contribution in [0.25, 0.3) is 0 Å². The monoisotopic (exact) mass is 239 g/mol. The van der Waals surface area contributed by atoms with Gasteiger partial charge in [0.1, 0.15) is 12.2 Å². The summed E-state index contributed by atoms with van der Waals surface area (Å²) in [5, 5.41) is 11.4. The van der Waals surface area contributed by atoms with Gasteiger partial charge in [-0.05, 0) is 14.0 Å². The maximum absolute atomic E-state index is 5.70. The van der Waals surface area contributed by atoms with Gasteiger partial charge < -0.3 is 19.5 Å². The molecule has 2 unspecified atom stereocenters. The number of likely N-dealkylation sites (N-methyl/N-ethyl adjacent to an activating group) is 1. The van der Waals surface area contributed by atoms with Crippen molar-refractivity contribution in [3.05, 3.63) is 12.2 Å². The third-order valence-electron chi connectivity index (χ3n) is 3.13. The van der Waals surface area contributed by atoms with Crippen LogP contribution in [-0.4, -0.2) is 59.1 Å². The molecule has 1 saturated heterocycles. The second-order valence-electron chi connectivity index (χ2n) is 4.69. The molecule has 0 spiro atoms. The summed E-state index contributed by atoms with van der Waals surface area (Å²) in [6.45, 7) is 5.77. The second kappa shape index (κ2) is 5.57. The molecule has 1 aromatic heterocycles. The molecular weight excluding hydrogens is 218 g/mol. The van der Waals surface area contributed by atoms with E-state index in [2.05, 4.69) is 34.4 Å². The molecule has 6 heteroatoms. The number of rotatable bonds is 4. The van der Waals surface area contributed by atoms with Crippen molar-refractivity contribution in [3.8, 4) is 0 Å². The van der Waals surface area contributed by atoms with Crippen LogP contribution in [0.4, 0.5) is 0 Å². The summed E-state index contributed by atoms with van der Waals surface area (Å²) >= 11 is 0. The molecule has 1 aliphatic heterocycles. The van der Waals surface area contributed by atoms with Crippen LogP contribution < -0.4 is 5.32 Å². The van der Waals surface area contributed by atoms with Crippen molar-refractivity contribution in [1.29, 1.82) is 0 Å². The van der Waals surface area contributed by atoms with Crippen molar-refractivity contribution in [3.63, 3.8) is 0 Å². The van der Waals surface area contributed by atoms with Crippen LogP contribution in [-0.2, 0) is 11.8 Å². The Morgan fingerprint density at radius 1 is 1.59 bits per heavy atom. The summed E-state index contributed by atoms with van der Waals surface area (Å²) in [7, 11) is 4.08. The van der Waals surface area contributed by atoms with Gasteiger partial charge >= 0.3 is 0 Å². The van der Waals surface area contributed by atoms with Crippen LogP contribution in [0.15, 0.2) is 6.33 Å². The molecule has 1 N–H and O–H groups in total. The molecule has 0 bridgehead atoms. The molecule has 2 rings (SSSR count). The molecule has 17 heavy (non-hydrogen) atoms. The molecule has 1 aliphatic rings. The first-order valence-electron chi connectivity index (χ1n) is 6.04. The minimum atomic E-state index is 0.193. The molecule has 0 aromatic carbocycles. The van der Waals surface area contributed by atoms with Gasteiger partial charge in [-0.25, -0.2) is 0 Å². The fourth-order valence-electron chi connectivity index (χ4n) is 2.07. The highest BCUT2D eigenvalue weighted by Gasteiger charge is 2.19. The van der Waals surface area contributed by atoms with Gasteiger partial charge in [-0.3, -0.25) is 0 Å². The van der Waals surface area contributed by atoms with E-state index in [1.807, 2.05) is 11.6 Å². The normalized spacial score (nSPS) is 23.8. The molecule has 0 amide bonds. The van der Waals surface area contributed by atoms with Gasteiger partial charge in [-0.2, -0.15) is 0 Å². The van der Waals surface area contributed by atoms with E-state index in [9.17, 15) is 0 Å². The average molecular weight is 239 g/mol. The Morgan fingerprint density at radius 2 is 2.41 bits per heavy atom. The van der Waals surface area contributed by atoms with E-state index in [0.29, 0.717) is 0 Å². The van der Waals surface area contributed by atoms with E-state index >= 15 is 0 Å². The van der Waals surface area contributed by atoms with Crippen LogP contribution in [0.1, 0.15) is 18.8 Å². The quantitative estimate of drug-likeness (QED) is 0.788. The fourth-order valence-corrected chi connectivity index (χ4v) is 2.07. The third-order valence-corrected chi connectivity index (χ3v) is 3.13. The summed E-state index contributed by atoms with van der Waals surface area (Å²) in [6.07, 6.45) is 1.99. The Bertz CT molecular complexity index is 353.